The minimum absolute atomic E-state index is 0.0806. The summed E-state index contributed by atoms with van der Waals surface area (Å²) in [5.41, 5.74) is 6.98. The zero-order valence-corrected chi connectivity index (χ0v) is 8.59. The van der Waals surface area contributed by atoms with E-state index in [2.05, 4.69) is 11.9 Å². The Morgan fingerprint density at radius 1 is 1.54 bits per heavy atom. The van der Waals surface area contributed by atoms with Crippen molar-refractivity contribution in [3.05, 3.63) is 36.5 Å². The summed E-state index contributed by atoms with van der Waals surface area (Å²) in [5, 5.41) is 3.05. The van der Waals surface area contributed by atoms with Crippen molar-refractivity contribution in [2.75, 3.05) is 13.6 Å². The number of allylic oxidation sites excluding steroid dienone is 3. The van der Waals surface area contributed by atoms with Crippen molar-refractivity contribution in [2.45, 2.75) is 19.4 Å². The highest BCUT2D eigenvalue weighted by molar-refractivity contribution is 5.09. The third-order valence-corrected chi connectivity index (χ3v) is 1.61. The fourth-order valence-electron chi connectivity index (χ4n) is 1.04. The van der Waals surface area contributed by atoms with E-state index in [0.717, 1.165) is 18.5 Å². The average Bonchev–Trinajstić information content (AvgIpc) is 2.05. The smallest absolute Gasteiger partial charge is 0.0264 e. The lowest BCUT2D eigenvalue weighted by atomic mass is 10.1. The first-order chi connectivity index (χ1) is 6.20. The molecule has 0 amide bonds. The summed E-state index contributed by atoms with van der Waals surface area (Å²) < 4.78 is 0. The van der Waals surface area contributed by atoms with E-state index in [0.29, 0.717) is 0 Å². The topological polar surface area (TPSA) is 38.0 Å². The molecule has 0 aliphatic heterocycles. The predicted molar refractivity (Wildman–Crippen MR) is 59.6 cm³/mol. The summed E-state index contributed by atoms with van der Waals surface area (Å²) in [6, 6.07) is 0.0806. The Bertz CT molecular complexity index is 192. The number of nitrogens with two attached hydrogens (primary N) is 1. The van der Waals surface area contributed by atoms with Crippen LogP contribution in [0.1, 0.15) is 13.3 Å². The van der Waals surface area contributed by atoms with Gasteiger partial charge in [0.15, 0.2) is 0 Å². The second kappa shape index (κ2) is 7.77. The molecule has 0 aliphatic rings. The molecule has 0 saturated heterocycles. The summed E-state index contributed by atoms with van der Waals surface area (Å²) in [6.07, 6.45) is 8.75. The largest absolute Gasteiger partial charge is 0.324 e. The third kappa shape index (κ3) is 7.50. The summed E-state index contributed by atoms with van der Waals surface area (Å²) in [5.74, 6) is 0. The van der Waals surface area contributed by atoms with Gasteiger partial charge in [0, 0.05) is 12.6 Å². The molecule has 0 fully saturated rings. The molecule has 2 nitrogen and oxygen atoms in total. The first kappa shape index (κ1) is 12.1. The molecule has 0 saturated carbocycles. The van der Waals surface area contributed by atoms with Crippen molar-refractivity contribution in [2.24, 2.45) is 5.73 Å². The maximum Gasteiger partial charge on any atom is 0.0264 e. The third-order valence-electron chi connectivity index (χ3n) is 1.61. The van der Waals surface area contributed by atoms with E-state index in [1.165, 1.54) is 0 Å². The van der Waals surface area contributed by atoms with Gasteiger partial charge in [-0.1, -0.05) is 36.5 Å². The van der Waals surface area contributed by atoms with Gasteiger partial charge < -0.3 is 11.1 Å². The Labute approximate surface area is 81.2 Å². The number of likely N-dealkylation sites (N-methyl/N-ethyl adjacent to an activating group) is 1. The fraction of sp³-hybridized carbons (Fsp3) is 0.455. The van der Waals surface area contributed by atoms with Gasteiger partial charge in [-0.3, -0.25) is 0 Å². The van der Waals surface area contributed by atoms with Crippen LogP contribution in [0.3, 0.4) is 0 Å². The molecule has 0 heterocycles. The second-order valence-electron chi connectivity index (χ2n) is 3.06. The van der Waals surface area contributed by atoms with Crippen molar-refractivity contribution in [3.63, 3.8) is 0 Å². The van der Waals surface area contributed by atoms with Crippen molar-refractivity contribution in [1.82, 2.24) is 5.32 Å². The van der Waals surface area contributed by atoms with Crippen molar-refractivity contribution >= 4 is 0 Å². The summed E-state index contributed by atoms with van der Waals surface area (Å²) in [4.78, 5) is 0. The van der Waals surface area contributed by atoms with E-state index in [1.807, 2.05) is 38.3 Å². The molecule has 0 bridgehead atoms. The molecule has 1 atom stereocenters. The monoisotopic (exact) mass is 180 g/mol. The zero-order chi connectivity index (χ0) is 10.1. The Morgan fingerprint density at radius 2 is 2.23 bits per heavy atom. The molecule has 74 valence electrons. The van der Waals surface area contributed by atoms with Crippen LogP contribution in [-0.2, 0) is 0 Å². The highest BCUT2D eigenvalue weighted by atomic mass is 14.8. The van der Waals surface area contributed by atoms with Gasteiger partial charge in [-0.15, -0.1) is 0 Å². The van der Waals surface area contributed by atoms with Crippen LogP contribution in [0.15, 0.2) is 36.5 Å². The van der Waals surface area contributed by atoms with Gasteiger partial charge in [0.25, 0.3) is 0 Å². The lowest BCUT2D eigenvalue weighted by Gasteiger charge is -2.08. The highest BCUT2D eigenvalue weighted by Crippen LogP contribution is 2.00. The molecule has 2 heteroatoms. The van der Waals surface area contributed by atoms with Crippen LogP contribution in [0, 0.1) is 0 Å². The van der Waals surface area contributed by atoms with E-state index in [4.69, 9.17) is 5.73 Å². The van der Waals surface area contributed by atoms with Crippen molar-refractivity contribution in [3.8, 4) is 0 Å². The molecular weight excluding hydrogens is 160 g/mol. The Kier molecular flexibility index (Phi) is 7.26. The van der Waals surface area contributed by atoms with Crippen LogP contribution < -0.4 is 11.1 Å². The van der Waals surface area contributed by atoms with E-state index in [1.54, 1.807) is 0 Å². The first-order valence-corrected chi connectivity index (χ1v) is 4.57. The molecule has 13 heavy (non-hydrogen) atoms. The fourth-order valence-corrected chi connectivity index (χ4v) is 1.04. The standard InChI is InChI=1S/C11H20N2/c1-4-5-6-7-11(12)8-10(2)9-13-3/h4-7,11,13H,2,8-9,12H2,1,3H3/b5-4-,7-6?. The SMILES string of the molecule is C=C(CNC)CC(N)C=C/C=C\C. The van der Waals surface area contributed by atoms with E-state index in [9.17, 15) is 0 Å². The van der Waals surface area contributed by atoms with Crippen molar-refractivity contribution in [1.29, 1.82) is 0 Å². The zero-order valence-electron chi connectivity index (χ0n) is 8.59. The second-order valence-corrected chi connectivity index (χ2v) is 3.06. The van der Waals surface area contributed by atoms with E-state index in [-0.39, 0.29) is 6.04 Å². The molecule has 0 aliphatic carbocycles. The van der Waals surface area contributed by atoms with Crippen LogP contribution in [0.25, 0.3) is 0 Å². The maximum atomic E-state index is 5.84. The Morgan fingerprint density at radius 3 is 2.77 bits per heavy atom. The van der Waals surface area contributed by atoms with Gasteiger partial charge in [0.05, 0.1) is 0 Å². The maximum absolute atomic E-state index is 5.84. The van der Waals surface area contributed by atoms with Crippen LogP contribution >= 0.6 is 0 Å². The Hall–Kier alpha value is -0.860. The molecular formula is C11H20N2. The van der Waals surface area contributed by atoms with Crippen LogP contribution in [0.5, 0.6) is 0 Å². The van der Waals surface area contributed by atoms with E-state index < -0.39 is 0 Å². The minimum Gasteiger partial charge on any atom is -0.324 e. The number of hydrogen-bond donors (Lipinski definition) is 2. The molecule has 0 spiro atoms. The van der Waals surface area contributed by atoms with Gasteiger partial charge in [-0.2, -0.15) is 0 Å². The minimum atomic E-state index is 0.0806. The van der Waals surface area contributed by atoms with Crippen LogP contribution in [0.2, 0.25) is 0 Å². The number of rotatable bonds is 6. The summed E-state index contributed by atoms with van der Waals surface area (Å²) in [7, 11) is 1.91. The molecule has 0 rings (SSSR count). The van der Waals surface area contributed by atoms with Crippen molar-refractivity contribution < 1.29 is 0 Å². The lowest BCUT2D eigenvalue weighted by molar-refractivity contribution is 0.752. The predicted octanol–water partition coefficient (Wildman–Crippen LogP) is 1.61. The quantitative estimate of drug-likeness (QED) is 0.481. The lowest BCUT2D eigenvalue weighted by Crippen LogP contribution is -2.20. The highest BCUT2D eigenvalue weighted by Gasteiger charge is 1.98. The Balaban J connectivity index is 3.73. The molecule has 3 N–H and O–H groups in total. The molecule has 0 radical (unpaired) electrons. The average molecular weight is 180 g/mol. The normalized spacial score (nSPS) is 14.1. The summed E-state index contributed by atoms with van der Waals surface area (Å²) >= 11 is 0. The van der Waals surface area contributed by atoms with Gasteiger partial charge in [-0.25, -0.2) is 0 Å². The number of hydrogen-bond acceptors (Lipinski definition) is 2. The molecule has 0 aromatic rings. The van der Waals surface area contributed by atoms with E-state index >= 15 is 0 Å². The number of nitrogens with one attached hydrogen (secondary N) is 1. The summed E-state index contributed by atoms with van der Waals surface area (Å²) in [6.45, 7) is 6.74. The van der Waals surface area contributed by atoms with Crippen LogP contribution in [-0.4, -0.2) is 19.6 Å². The van der Waals surface area contributed by atoms with Gasteiger partial charge in [0.1, 0.15) is 0 Å². The van der Waals surface area contributed by atoms with Gasteiger partial charge in [-0.05, 0) is 20.4 Å². The van der Waals surface area contributed by atoms with Gasteiger partial charge in [0.2, 0.25) is 0 Å². The molecule has 0 aromatic heterocycles. The molecule has 1 unspecified atom stereocenters. The van der Waals surface area contributed by atoms with Gasteiger partial charge >= 0.3 is 0 Å². The molecule has 0 aromatic carbocycles. The van der Waals surface area contributed by atoms with Crippen LogP contribution in [0.4, 0.5) is 0 Å². The first-order valence-electron chi connectivity index (χ1n) is 4.57.